The van der Waals surface area contributed by atoms with Crippen LogP contribution in [0.1, 0.15) is 23.0 Å². The van der Waals surface area contributed by atoms with E-state index < -0.39 is 6.04 Å². The normalized spacial score (nSPS) is 12.1. The topological polar surface area (TPSA) is 56.1 Å². The summed E-state index contributed by atoms with van der Waals surface area (Å²) in [6, 6.07) is 24.0. The van der Waals surface area contributed by atoms with Crippen LogP contribution < -0.4 is 5.32 Å². The van der Waals surface area contributed by atoms with E-state index in [2.05, 4.69) is 5.32 Å². The lowest BCUT2D eigenvalue weighted by molar-refractivity contribution is -0.125. The Balaban J connectivity index is 1.79. The average Bonchev–Trinajstić information content (AvgIpc) is 3.14. The summed E-state index contributed by atoms with van der Waals surface area (Å²) in [5.41, 5.74) is 3.32. The van der Waals surface area contributed by atoms with Crippen molar-refractivity contribution in [1.82, 2.24) is 14.9 Å². The van der Waals surface area contributed by atoms with Crippen molar-refractivity contribution in [3.8, 4) is 0 Å². The molecule has 0 fully saturated rings. The van der Waals surface area contributed by atoms with E-state index >= 15 is 0 Å². The average molecular weight is 417 g/mol. The highest BCUT2D eigenvalue weighted by Gasteiger charge is 2.23. The number of carbonyl (C=O) groups is 1. The van der Waals surface area contributed by atoms with Gasteiger partial charge in [0.25, 0.3) is 0 Å². The molecule has 4 rings (SSSR count). The summed E-state index contributed by atoms with van der Waals surface area (Å²) in [7, 11) is 1.49. The molecule has 0 unspecified atom stereocenters. The molecule has 158 valence electrons. The van der Waals surface area contributed by atoms with Crippen LogP contribution in [0.25, 0.3) is 11.0 Å². The van der Waals surface area contributed by atoms with E-state index in [9.17, 15) is 9.18 Å². The molecule has 0 radical (unpaired) electrons. The molecule has 1 aromatic heterocycles. The molecule has 5 nitrogen and oxygen atoms in total. The first-order chi connectivity index (χ1) is 15.2. The molecule has 0 saturated carbocycles. The van der Waals surface area contributed by atoms with Crippen molar-refractivity contribution >= 4 is 16.9 Å². The standard InChI is InChI=1S/C25H24FN3O2/c1-31-17-24(30)27-22(15-18-9-3-2-4-10-18)25-28-21-13-7-8-14-23(21)29(25)16-19-11-5-6-12-20(19)26/h2-14,22H,15-17H2,1H3,(H,27,30)/t22-/m0/s1. The fourth-order valence-corrected chi connectivity index (χ4v) is 3.75. The maximum Gasteiger partial charge on any atom is 0.246 e. The molecule has 0 aliphatic carbocycles. The van der Waals surface area contributed by atoms with Crippen molar-refractivity contribution in [2.75, 3.05) is 13.7 Å². The van der Waals surface area contributed by atoms with Crippen LogP contribution >= 0.6 is 0 Å². The van der Waals surface area contributed by atoms with Crippen molar-refractivity contribution in [3.05, 3.63) is 102 Å². The van der Waals surface area contributed by atoms with E-state index in [1.165, 1.54) is 13.2 Å². The number of hydrogen-bond donors (Lipinski definition) is 1. The summed E-state index contributed by atoms with van der Waals surface area (Å²) in [5, 5.41) is 3.04. The lowest BCUT2D eigenvalue weighted by Gasteiger charge is -2.20. The number of fused-ring (bicyclic) bond motifs is 1. The highest BCUT2D eigenvalue weighted by Crippen LogP contribution is 2.25. The minimum Gasteiger partial charge on any atom is -0.375 e. The molecule has 1 atom stereocenters. The Hall–Kier alpha value is -3.51. The third kappa shape index (κ3) is 4.81. The van der Waals surface area contributed by atoms with E-state index in [0.29, 0.717) is 24.4 Å². The predicted molar refractivity (Wildman–Crippen MR) is 118 cm³/mol. The van der Waals surface area contributed by atoms with Crippen LogP contribution in [-0.4, -0.2) is 29.2 Å². The number of imidazole rings is 1. The highest BCUT2D eigenvalue weighted by atomic mass is 19.1. The predicted octanol–water partition coefficient (Wildman–Crippen LogP) is 4.27. The van der Waals surface area contributed by atoms with Crippen LogP contribution in [0.3, 0.4) is 0 Å². The number of halogens is 1. The SMILES string of the molecule is COCC(=O)N[C@@H](Cc1ccccc1)c1nc2ccccc2n1Cc1ccccc1F. The third-order valence-electron chi connectivity index (χ3n) is 5.18. The Morgan fingerprint density at radius 2 is 1.74 bits per heavy atom. The van der Waals surface area contributed by atoms with Gasteiger partial charge in [-0.05, 0) is 30.2 Å². The second kappa shape index (κ2) is 9.53. The molecule has 6 heteroatoms. The van der Waals surface area contributed by atoms with E-state index in [4.69, 9.17) is 9.72 Å². The fraction of sp³-hybridized carbons (Fsp3) is 0.200. The van der Waals surface area contributed by atoms with Crippen molar-refractivity contribution < 1.29 is 13.9 Å². The maximum absolute atomic E-state index is 14.5. The fourth-order valence-electron chi connectivity index (χ4n) is 3.75. The van der Waals surface area contributed by atoms with Gasteiger partial charge in [0.1, 0.15) is 18.2 Å². The van der Waals surface area contributed by atoms with Crippen LogP contribution in [0.4, 0.5) is 4.39 Å². The van der Waals surface area contributed by atoms with E-state index in [1.807, 2.05) is 65.2 Å². The maximum atomic E-state index is 14.5. The molecule has 0 bridgehead atoms. The van der Waals surface area contributed by atoms with Gasteiger partial charge in [0.2, 0.25) is 5.91 Å². The zero-order valence-electron chi connectivity index (χ0n) is 17.3. The lowest BCUT2D eigenvalue weighted by Crippen LogP contribution is -2.34. The van der Waals surface area contributed by atoms with Gasteiger partial charge in [0.05, 0.1) is 23.6 Å². The molecule has 0 aliphatic rings. The largest absolute Gasteiger partial charge is 0.375 e. The zero-order valence-corrected chi connectivity index (χ0v) is 17.3. The van der Waals surface area contributed by atoms with E-state index in [1.54, 1.807) is 12.1 Å². The molecule has 1 heterocycles. The number of nitrogens with one attached hydrogen (secondary N) is 1. The molecule has 31 heavy (non-hydrogen) atoms. The number of rotatable bonds is 8. The number of ether oxygens (including phenoxy) is 1. The molecule has 3 aromatic carbocycles. The van der Waals surface area contributed by atoms with Crippen LogP contribution in [0, 0.1) is 5.82 Å². The molecule has 0 spiro atoms. The summed E-state index contributed by atoms with van der Waals surface area (Å²) in [5.74, 6) is 0.181. The van der Waals surface area contributed by atoms with Crippen molar-refractivity contribution in [2.24, 2.45) is 0 Å². The Labute approximate surface area is 180 Å². The van der Waals surface area contributed by atoms with Crippen LogP contribution in [0.15, 0.2) is 78.9 Å². The summed E-state index contributed by atoms with van der Waals surface area (Å²) >= 11 is 0. The molecule has 0 saturated heterocycles. The summed E-state index contributed by atoms with van der Waals surface area (Å²) in [6.45, 7) is 0.271. The smallest absolute Gasteiger partial charge is 0.246 e. The molecule has 1 N–H and O–H groups in total. The van der Waals surface area contributed by atoms with Gasteiger partial charge in [0.15, 0.2) is 0 Å². The van der Waals surface area contributed by atoms with Crippen LogP contribution in [0.5, 0.6) is 0 Å². The minimum absolute atomic E-state index is 0.0428. The molecule has 0 aliphatic heterocycles. The number of carbonyl (C=O) groups excluding carboxylic acids is 1. The Morgan fingerprint density at radius 3 is 2.52 bits per heavy atom. The number of aromatic nitrogens is 2. The van der Waals surface area contributed by atoms with Crippen LogP contribution in [0.2, 0.25) is 0 Å². The van der Waals surface area contributed by atoms with Crippen molar-refractivity contribution in [1.29, 1.82) is 0 Å². The van der Waals surface area contributed by atoms with Gasteiger partial charge in [-0.1, -0.05) is 60.7 Å². The van der Waals surface area contributed by atoms with Gasteiger partial charge in [-0.15, -0.1) is 0 Å². The second-order valence-corrected chi connectivity index (χ2v) is 7.38. The number of hydrogen-bond acceptors (Lipinski definition) is 3. The first-order valence-corrected chi connectivity index (χ1v) is 10.2. The molecular weight excluding hydrogens is 393 g/mol. The summed E-state index contributed by atoms with van der Waals surface area (Å²) in [6.07, 6.45) is 0.552. The highest BCUT2D eigenvalue weighted by molar-refractivity contribution is 5.79. The van der Waals surface area contributed by atoms with Crippen LogP contribution in [-0.2, 0) is 22.5 Å². The lowest BCUT2D eigenvalue weighted by atomic mass is 10.0. The minimum atomic E-state index is -0.399. The Kier molecular flexibility index (Phi) is 6.38. The first-order valence-electron chi connectivity index (χ1n) is 10.2. The monoisotopic (exact) mass is 417 g/mol. The van der Waals surface area contributed by atoms with Gasteiger partial charge in [-0.3, -0.25) is 4.79 Å². The quantitative estimate of drug-likeness (QED) is 0.466. The summed E-state index contributed by atoms with van der Waals surface area (Å²) < 4.78 is 21.4. The Bertz CT molecular complexity index is 1170. The van der Waals surface area contributed by atoms with Crippen molar-refractivity contribution in [3.63, 3.8) is 0 Å². The first kappa shape index (κ1) is 20.8. The number of amides is 1. The second-order valence-electron chi connectivity index (χ2n) is 7.38. The Morgan fingerprint density at radius 1 is 1.03 bits per heavy atom. The number of nitrogens with zero attached hydrogens (tertiary/aromatic N) is 2. The van der Waals surface area contributed by atoms with Gasteiger partial charge in [-0.25, -0.2) is 9.37 Å². The van der Waals surface area contributed by atoms with Crippen molar-refractivity contribution in [2.45, 2.75) is 19.0 Å². The number of benzene rings is 3. The van der Waals surface area contributed by atoms with E-state index in [0.717, 1.165) is 16.6 Å². The molecular formula is C25H24FN3O2. The number of methoxy groups -OCH3 is 1. The van der Waals surface area contributed by atoms with Gasteiger partial charge in [-0.2, -0.15) is 0 Å². The zero-order chi connectivity index (χ0) is 21.6. The van der Waals surface area contributed by atoms with Gasteiger partial charge < -0.3 is 14.6 Å². The molecule has 1 amide bonds. The third-order valence-corrected chi connectivity index (χ3v) is 5.18. The molecule has 4 aromatic rings. The number of para-hydroxylation sites is 2. The summed E-state index contributed by atoms with van der Waals surface area (Å²) in [4.78, 5) is 17.3. The van der Waals surface area contributed by atoms with Gasteiger partial charge >= 0.3 is 0 Å². The van der Waals surface area contributed by atoms with E-state index in [-0.39, 0.29) is 18.3 Å². The van der Waals surface area contributed by atoms with Gasteiger partial charge in [0, 0.05) is 12.7 Å².